The number of aromatic nitrogens is 2. The monoisotopic (exact) mass is 326 g/mol. The number of rotatable bonds is 6. The van der Waals surface area contributed by atoms with Gasteiger partial charge in [0, 0.05) is 18.9 Å². The van der Waals surface area contributed by atoms with Crippen molar-refractivity contribution in [2.24, 2.45) is 0 Å². The molecule has 0 aromatic carbocycles. The van der Waals surface area contributed by atoms with E-state index in [0.29, 0.717) is 6.54 Å². The number of hydrogen-bond acceptors (Lipinski definition) is 4. The number of furan rings is 1. The van der Waals surface area contributed by atoms with Crippen LogP contribution in [0.25, 0.3) is 5.65 Å². The molecule has 0 spiro atoms. The molecule has 0 aliphatic rings. The highest BCUT2D eigenvalue weighted by atomic mass is 16.3. The lowest BCUT2D eigenvalue weighted by Gasteiger charge is -2.22. The smallest absolute Gasteiger partial charge is 0.226 e. The first kappa shape index (κ1) is 16.3. The van der Waals surface area contributed by atoms with Gasteiger partial charge in [-0.3, -0.25) is 9.69 Å². The van der Waals surface area contributed by atoms with Crippen molar-refractivity contribution in [3.63, 3.8) is 0 Å². The minimum Gasteiger partial charge on any atom is -0.468 e. The van der Waals surface area contributed by atoms with E-state index < -0.39 is 0 Å². The van der Waals surface area contributed by atoms with E-state index in [9.17, 15) is 4.79 Å². The van der Waals surface area contributed by atoms with Crippen LogP contribution < -0.4 is 5.32 Å². The van der Waals surface area contributed by atoms with Crippen LogP contribution in [-0.2, 0) is 11.2 Å². The number of imidazole rings is 1. The molecule has 1 amide bonds. The average molecular weight is 326 g/mol. The van der Waals surface area contributed by atoms with Crippen LogP contribution in [0.15, 0.2) is 47.3 Å². The van der Waals surface area contributed by atoms with Gasteiger partial charge in [0.15, 0.2) is 0 Å². The van der Waals surface area contributed by atoms with E-state index >= 15 is 0 Å². The van der Waals surface area contributed by atoms with Gasteiger partial charge < -0.3 is 14.1 Å². The van der Waals surface area contributed by atoms with Gasteiger partial charge in [-0.25, -0.2) is 4.98 Å². The van der Waals surface area contributed by atoms with Crippen molar-refractivity contribution < 1.29 is 9.21 Å². The van der Waals surface area contributed by atoms with Gasteiger partial charge in [0.2, 0.25) is 5.91 Å². The molecule has 24 heavy (non-hydrogen) atoms. The number of fused-ring (bicyclic) bond motifs is 1. The summed E-state index contributed by atoms with van der Waals surface area (Å²) in [4.78, 5) is 18.8. The van der Waals surface area contributed by atoms with Crippen LogP contribution in [0, 0.1) is 6.92 Å². The van der Waals surface area contributed by atoms with Crippen LogP contribution in [0.2, 0.25) is 0 Å². The van der Waals surface area contributed by atoms with Gasteiger partial charge in [-0.2, -0.15) is 0 Å². The Balaban J connectivity index is 1.63. The number of carbonyl (C=O) groups is 1. The van der Waals surface area contributed by atoms with Crippen molar-refractivity contribution in [1.82, 2.24) is 19.6 Å². The number of amides is 1. The largest absolute Gasteiger partial charge is 0.468 e. The third-order valence-electron chi connectivity index (χ3n) is 4.06. The number of aryl methyl sites for hydroxylation is 1. The van der Waals surface area contributed by atoms with Gasteiger partial charge in [0.05, 0.1) is 24.4 Å². The molecule has 0 aliphatic carbocycles. The maximum atomic E-state index is 12.3. The first-order chi connectivity index (χ1) is 11.5. The fraction of sp³-hybridized carbons (Fsp3) is 0.333. The highest BCUT2D eigenvalue weighted by Gasteiger charge is 2.18. The van der Waals surface area contributed by atoms with Crippen molar-refractivity contribution in [3.8, 4) is 0 Å². The summed E-state index contributed by atoms with van der Waals surface area (Å²) in [6.07, 6.45) is 5.75. The molecule has 0 radical (unpaired) electrons. The third-order valence-corrected chi connectivity index (χ3v) is 4.06. The number of hydrogen-bond donors (Lipinski definition) is 1. The Bertz CT molecular complexity index is 821. The van der Waals surface area contributed by atoms with E-state index in [2.05, 4.69) is 10.3 Å². The predicted molar refractivity (Wildman–Crippen MR) is 91.8 cm³/mol. The van der Waals surface area contributed by atoms with Gasteiger partial charge in [-0.15, -0.1) is 0 Å². The summed E-state index contributed by atoms with van der Waals surface area (Å²) < 4.78 is 7.40. The quantitative estimate of drug-likeness (QED) is 0.754. The molecule has 0 aliphatic heterocycles. The van der Waals surface area contributed by atoms with Crippen LogP contribution in [0.4, 0.5) is 0 Å². The normalized spacial score (nSPS) is 12.7. The Morgan fingerprint density at radius 1 is 1.38 bits per heavy atom. The van der Waals surface area contributed by atoms with Gasteiger partial charge in [0.25, 0.3) is 0 Å². The van der Waals surface area contributed by atoms with Gasteiger partial charge >= 0.3 is 0 Å². The third kappa shape index (κ3) is 3.49. The van der Waals surface area contributed by atoms with Crippen molar-refractivity contribution in [2.45, 2.75) is 19.4 Å². The lowest BCUT2D eigenvalue weighted by atomic mass is 10.2. The Hall–Kier alpha value is -2.60. The Morgan fingerprint density at radius 3 is 2.88 bits per heavy atom. The molecule has 1 atom stereocenters. The van der Waals surface area contributed by atoms with E-state index in [-0.39, 0.29) is 18.4 Å². The fourth-order valence-corrected chi connectivity index (χ4v) is 2.75. The topological polar surface area (TPSA) is 62.8 Å². The zero-order valence-corrected chi connectivity index (χ0v) is 14.2. The van der Waals surface area contributed by atoms with Gasteiger partial charge in [-0.1, -0.05) is 6.07 Å². The molecule has 3 aromatic heterocycles. The Labute approximate surface area is 141 Å². The standard InChI is InChI=1S/C18H22N4O2/c1-13-6-4-8-22-12-14(20-18(13)22)10-17(23)19-11-15(21(2)3)16-7-5-9-24-16/h4-9,12,15H,10-11H2,1-3H3,(H,19,23). The van der Waals surface area contributed by atoms with E-state index in [1.165, 1.54) is 0 Å². The maximum Gasteiger partial charge on any atom is 0.226 e. The zero-order chi connectivity index (χ0) is 17.1. The van der Waals surface area contributed by atoms with Crippen LogP contribution in [0.5, 0.6) is 0 Å². The summed E-state index contributed by atoms with van der Waals surface area (Å²) in [6, 6.07) is 7.76. The molecule has 0 saturated carbocycles. The first-order valence-corrected chi connectivity index (χ1v) is 7.94. The second-order valence-electron chi connectivity index (χ2n) is 6.13. The highest BCUT2D eigenvalue weighted by molar-refractivity contribution is 5.78. The summed E-state index contributed by atoms with van der Waals surface area (Å²) >= 11 is 0. The van der Waals surface area contributed by atoms with Crippen molar-refractivity contribution in [2.75, 3.05) is 20.6 Å². The molecule has 126 valence electrons. The van der Waals surface area contributed by atoms with Crippen LogP contribution in [0.3, 0.4) is 0 Å². The molecule has 6 nitrogen and oxygen atoms in total. The summed E-state index contributed by atoms with van der Waals surface area (Å²) in [5.41, 5.74) is 2.75. The van der Waals surface area contributed by atoms with E-state index in [0.717, 1.165) is 22.7 Å². The Kier molecular flexibility index (Phi) is 4.66. The van der Waals surface area contributed by atoms with Crippen LogP contribution in [0.1, 0.15) is 23.1 Å². The molecule has 0 bridgehead atoms. The lowest BCUT2D eigenvalue weighted by molar-refractivity contribution is -0.120. The van der Waals surface area contributed by atoms with Gasteiger partial charge in [-0.05, 0) is 44.8 Å². The molecule has 1 N–H and O–H groups in total. The van der Waals surface area contributed by atoms with Crippen molar-refractivity contribution in [3.05, 3.63) is 59.9 Å². The van der Waals surface area contributed by atoms with Crippen molar-refractivity contribution >= 4 is 11.6 Å². The predicted octanol–water partition coefficient (Wildman–Crippen LogP) is 2.20. The Morgan fingerprint density at radius 2 is 2.21 bits per heavy atom. The molecule has 0 saturated heterocycles. The summed E-state index contributed by atoms with van der Waals surface area (Å²) in [5.74, 6) is 0.790. The zero-order valence-electron chi connectivity index (χ0n) is 14.2. The maximum absolute atomic E-state index is 12.3. The summed E-state index contributed by atoms with van der Waals surface area (Å²) in [6.45, 7) is 2.50. The van der Waals surface area contributed by atoms with E-state index in [1.54, 1.807) is 6.26 Å². The molecule has 3 rings (SSSR count). The minimum absolute atomic E-state index is 0.00673. The molecular weight excluding hydrogens is 304 g/mol. The molecule has 3 heterocycles. The first-order valence-electron chi connectivity index (χ1n) is 7.94. The fourth-order valence-electron chi connectivity index (χ4n) is 2.75. The second-order valence-corrected chi connectivity index (χ2v) is 6.13. The molecule has 0 fully saturated rings. The summed E-state index contributed by atoms with van der Waals surface area (Å²) in [5, 5.41) is 2.97. The van der Waals surface area contributed by atoms with E-state index in [4.69, 9.17) is 4.42 Å². The lowest BCUT2D eigenvalue weighted by Crippen LogP contribution is -2.35. The number of nitrogens with zero attached hydrogens (tertiary/aromatic N) is 3. The minimum atomic E-state index is -0.0468. The molecule has 6 heteroatoms. The van der Waals surface area contributed by atoms with Crippen molar-refractivity contribution in [1.29, 1.82) is 0 Å². The number of pyridine rings is 1. The molecule has 3 aromatic rings. The van der Waals surface area contributed by atoms with Gasteiger partial charge in [0.1, 0.15) is 11.4 Å². The van der Waals surface area contributed by atoms with E-state index in [1.807, 2.05) is 67.0 Å². The summed E-state index contributed by atoms with van der Waals surface area (Å²) in [7, 11) is 3.93. The molecular formula is C18H22N4O2. The van der Waals surface area contributed by atoms with Crippen LogP contribution >= 0.6 is 0 Å². The number of nitrogens with one attached hydrogen (secondary N) is 1. The average Bonchev–Trinajstić information content (AvgIpc) is 3.17. The SMILES string of the molecule is Cc1cccn2cc(CC(=O)NCC(c3ccco3)N(C)C)nc12. The highest BCUT2D eigenvalue weighted by Crippen LogP contribution is 2.17. The number of likely N-dealkylation sites (N-methyl/N-ethyl adjacent to an activating group) is 1. The second kappa shape index (κ2) is 6.88. The molecule has 1 unspecified atom stereocenters. The van der Waals surface area contributed by atoms with Crippen LogP contribution in [-0.4, -0.2) is 40.8 Å². The number of carbonyl (C=O) groups excluding carboxylic acids is 1.